The van der Waals surface area contributed by atoms with Gasteiger partial charge in [-0.2, -0.15) is 0 Å². The highest BCUT2D eigenvalue weighted by Crippen LogP contribution is 1.83. The lowest BCUT2D eigenvalue weighted by molar-refractivity contribution is 1.03. The Hall–Kier alpha value is -0.770. The molecule has 0 unspecified atom stereocenters. The molecule has 0 saturated carbocycles. The zero-order valence-corrected chi connectivity index (χ0v) is 5.80. The van der Waals surface area contributed by atoms with E-state index in [1.54, 1.807) is 6.92 Å². The molecule has 1 aromatic rings. The molecule has 1 rings (SSSR count). The molecule has 9 heavy (non-hydrogen) atoms. The van der Waals surface area contributed by atoms with Crippen LogP contribution in [0.1, 0.15) is 5.56 Å². The summed E-state index contributed by atoms with van der Waals surface area (Å²) in [7, 11) is 0. The van der Waals surface area contributed by atoms with E-state index in [-0.39, 0.29) is 5.56 Å². The molecule has 0 fully saturated rings. The second-order valence-corrected chi connectivity index (χ2v) is 2.16. The average Bonchev–Trinajstić information content (AvgIpc) is 1.83. The highest BCUT2D eigenvalue weighted by Gasteiger charge is 1.92. The molecule has 0 amide bonds. The van der Waals surface area contributed by atoms with Crippen molar-refractivity contribution in [2.75, 3.05) is 0 Å². The summed E-state index contributed by atoms with van der Waals surface area (Å²) in [5.74, 6) is 0. The van der Waals surface area contributed by atoms with Gasteiger partial charge in [0.1, 0.15) is 6.33 Å². The average molecular weight is 142 g/mol. The van der Waals surface area contributed by atoms with Crippen LogP contribution in [0.3, 0.4) is 0 Å². The molecule has 0 bridgehead atoms. The second-order valence-electron chi connectivity index (χ2n) is 1.73. The fraction of sp³-hybridized carbons (Fsp3) is 0.200. The fourth-order valence-corrected chi connectivity index (χ4v) is 0.714. The normalized spacial score (nSPS) is 9.56. The second kappa shape index (κ2) is 2.23. The van der Waals surface area contributed by atoms with Crippen LogP contribution in [0.4, 0.5) is 0 Å². The smallest absolute Gasteiger partial charge is 0.266 e. The number of hydrogen-bond donors (Lipinski definition) is 1. The number of aromatic nitrogens is 2. The summed E-state index contributed by atoms with van der Waals surface area (Å²) in [6.07, 6.45) is 2.87. The molecule has 0 aliphatic rings. The Bertz CT molecular complexity index is 245. The lowest BCUT2D eigenvalue weighted by Crippen LogP contribution is -2.14. The first kappa shape index (κ1) is 6.35. The van der Waals surface area contributed by atoms with Gasteiger partial charge < -0.3 is 0 Å². The van der Waals surface area contributed by atoms with Crippen LogP contribution < -0.4 is 5.56 Å². The van der Waals surface area contributed by atoms with Crippen LogP contribution >= 0.6 is 12.8 Å². The molecule has 0 aliphatic carbocycles. The molecular formula is C5H6N2OS. The minimum Gasteiger partial charge on any atom is -0.268 e. The van der Waals surface area contributed by atoms with Crippen molar-refractivity contribution in [3.05, 3.63) is 28.4 Å². The van der Waals surface area contributed by atoms with E-state index >= 15 is 0 Å². The lowest BCUT2D eigenvalue weighted by atomic mass is 10.4. The summed E-state index contributed by atoms with van der Waals surface area (Å²) in [5.41, 5.74) is 0.487. The summed E-state index contributed by atoms with van der Waals surface area (Å²) in [4.78, 5) is 14.5. The lowest BCUT2D eigenvalue weighted by Gasteiger charge is -1.92. The number of aryl methyl sites for hydroxylation is 1. The maximum atomic E-state index is 10.8. The van der Waals surface area contributed by atoms with Crippen LogP contribution in [-0.4, -0.2) is 8.96 Å². The first-order valence-corrected chi connectivity index (χ1v) is 2.84. The summed E-state index contributed by atoms with van der Waals surface area (Å²) < 4.78 is 1.15. The molecule has 1 aromatic heterocycles. The Morgan fingerprint density at radius 3 is 2.89 bits per heavy atom. The van der Waals surface area contributed by atoms with Crippen molar-refractivity contribution in [2.24, 2.45) is 0 Å². The molecule has 1 heterocycles. The largest absolute Gasteiger partial charge is 0.268 e. The van der Waals surface area contributed by atoms with Gasteiger partial charge in [-0.25, -0.2) is 8.96 Å². The SMILES string of the molecule is Cc1cncn(S)c1=O. The van der Waals surface area contributed by atoms with E-state index in [0.717, 1.165) is 3.97 Å². The topological polar surface area (TPSA) is 34.9 Å². The van der Waals surface area contributed by atoms with Gasteiger partial charge in [-0.15, -0.1) is 0 Å². The zero-order chi connectivity index (χ0) is 6.85. The van der Waals surface area contributed by atoms with E-state index in [1.165, 1.54) is 12.5 Å². The Morgan fingerprint density at radius 1 is 1.78 bits per heavy atom. The summed E-state index contributed by atoms with van der Waals surface area (Å²) in [5, 5.41) is 0. The molecule has 0 radical (unpaired) electrons. The van der Waals surface area contributed by atoms with E-state index in [0.29, 0.717) is 5.56 Å². The Balaban J connectivity index is 3.43. The van der Waals surface area contributed by atoms with Gasteiger partial charge in [0.15, 0.2) is 0 Å². The molecule has 0 aliphatic heterocycles. The van der Waals surface area contributed by atoms with Crippen molar-refractivity contribution in [1.29, 1.82) is 0 Å². The zero-order valence-electron chi connectivity index (χ0n) is 4.90. The van der Waals surface area contributed by atoms with Crippen molar-refractivity contribution in [3.8, 4) is 0 Å². The predicted octanol–water partition coefficient (Wildman–Crippen LogP) is 0.245. The highest BCUT2D eigenvalue weighted by atomic mass is 32.1. The number of nitrogens with zero attached hydrogens (tertiary/aromatic N) is 2. The molecular weight excluding hydrogens is 136 g/mol. The van der Waals surface area contributed by atoms with Crippen molar-refractivity contribution in [3.63, 3.8) is 0 Å². The quantitative estimate of drug-likeness (QED) is 0.527. The maximum absolute atomic E-state index is 10.8. The minimum atomic E-state index is -0.117. The van der Waals surface area contributed by atoms with Gasteiger partial charge in [0.2, 0.25) is 0 Å². The van der Waals surface area contributed by atoms with Crippen LogP contribution in [0, 0.1) is 6.92 Å². The van der Waals surface area contributed by atoms with Crippen molar-refractivity contribution >= 4 is 12.8 Å². The number of thiol groups is 1. The summed E-state index contributed by atoms with van der Waals surface area (Å²) in [6, 6.07) is 0. The third-order valence-electron chi connectivity index (χ3n) is 0.990. The van der Waals surface area contributed by atoms with Gasteiger partial charge in [0, 0.05) is 11.8 Å². The number of rotatable bonds is 0. The van der Waals surface area contributed by atoms with Gasteiger partial charge in [-0.05, 0) is 6.92 Å². The molecule has 0 N–H and O–H groups in total. The molecule has 3 nitrogen and oxygen atoms in total. The molecule has 0 aromatic carbocycles. The van der Waals surface area contributed by atoms with Crippen LogP contribution in [-0.2, 0) is 0 Å². The van der Waals surface area contributed by atoms with Crippen molar-refractivity contribution in [2.45, 2.75) is 6.92 Å². The van der Waals surface area contributed by atoms with Gasteiger partial charge in [0.25, 0.3) is 5.56 Å². The molecule has 0 atom stereocenters. The Labute approximate surface area is 57.9 Å². The van der Waals surface area contributed by atoms with E-state index in [2.05, 4.69) is 17.8 Å². The third-order valence-corrected chi connectivity index (χ3v) is 1.27. The van der Waals surface area contributed by atoms with E-state index < -0.39 is 0 Å². The number of hydrogen-bond acceptors (Lipinski definition) is 3. The van der Waals surface area contributed by atoms with Gasteiger partial charge in [0.05, 0.1) is 0 Å². The van der Waals surface area contributed by atoms with E-state index in [4.69, 9.17) is 0 Å². The molecule has 0 saturated heterocycles. The summed E-state index contributed by atoms with van der Waals surface area (Å²) in [6.45, 7) is 1.70. The van der Waals surface area contributed by atoms with Gasteiger partial charge >= 0.3 is 0 Å². The molecule has 4 heteroatoms. The van der Waals surface area contributed by atoms with Crippen LogP contribution in [0.2, 0.25) is 0 Å². The standard InChI is InChI=1S/C5H6N2OS/c1-4-2-6-3-7(9)5(4)8/h2-3,9H,1H3. The Morgan fingerprint density at radius 2 is 2.44 bits per heavy atom. The molecule has 48 valence electrons. The Kier molecular flexibility index (Phi) is 1.57. The van der Waals surface area contributed by atoms with Crippen molar-refractivity contribution < 1.29 is 0 Å². The maximum Gasteiger partial charge on any atom is 0.266 e. The van der Waals surface area contributed by atoms with E-state index in [1.807, 2.05) is 0 Å². The predicted molar refractivity (Wildman–Crippen MR) is 37.6 cm³/mol. The van der Waals surface area contributed by atoms with Crippen LogP contribution in [0.15, 0.2) is 17.3 Å². The summed E-state index contributed by atoms with van der Waals surface area (Å²) >= 11 is 3.81. The minimum absolute atomic E-state index is 0.117. The van der Waals surface area contributed by atoms with Crippen molar-refractivity contribution in [1.82, 2.24) is 8.96 Å². The van der Waals surface area contributed by atoms with E-state index in [9.17, 15) is 4.79 Å². The highest BCUT2D eigenvalue weighted by molar-refractivity contribution is 7.78. The first-order valence-electron chi connectivity index (χ1n) is 2.44. The van der Waals surface area contributed by atoms with Crippen LogP contribution in [0.25, 0.3) is 0 Å². The first-order chi connectivity index (χ1) is 4.22. The van der Waals surface area contributed by atoms with Gasteiger partial charge in [-0.3, -0.25) is 4.79 Å². The fourth-order valence-electron chi connectivity index (χ4n) is 0.497. The third kappa shape index (κ3) is 1.13. The van der Waals surface area contributed by atoms with Crippen LogP contribution in [0.5, 0.6) is 0 Å². The monoisotopic (exact) mass is 142 g/mol. The van der Waals surface area contributed by atoms with Gasteiger partial charge in [-0.1, -0.05) is 12.8 Å². The molecule has 0 spiro atoms.